The Labute approximate surface area is 98.8 Å². The Balaban J connectivity index is 2.36. The first-order valence-electron chi connectivity index (χ1n) is 5.40. The van der Waals surface area contributed by atoms with Gasteiger partial charge < -0.3 is 15.8 Å². The number of esters is 1. The van der Waals surface area contributed by atoms with Gasteiger partial charge >= 0.3 is 5.97 Å². The van der Waals surface area contributed by atoms with Crippen LogP contribution in [0, 0.1) is 5.92 Å². The first kappa shape index (κ1) is 11.3. The lowest BCUT2D eigenvalue weighted by Gasteiger charge is -2.22. The summed E-state index contributed by atoms with van der Waals surface area (Å²) in [5, 5.41) is 3.85. The highest BCUT2D eigenvalue weighted by atomic mass is 32.1. The highest BCUT2D eigenvalue weighted by Crippen LogP contribution is 2.40. The molecule has 2 heterocycles. The third-order valence-electron chi connectivity index (χ3n) is 3.02. The molecule has 1 aliphatic rings. The first-order valence-corrected chi connectivity index (χ1v) is 6.22. The Kier molecular flexibility index (Phi) is 3.05. The number of nitrogen functional groups attached to an aromatic ring is 1. The molecule has 0 spiro atoms. The number of anilines is 2. The molecule has 0 amide bonds. The molecule has 16 heavy (non-hydrogen) atoms. The van der Waals surface area contributed by atoms with Crippen LogP contribution in [0.5, 0.6) is 0 Å². The predicted molar refractivity (Wildman–Crippen MR) is 66.0 cm³/mol. The number of nitrogens with one attached hydrogen (secondary N) is 1. The first-order chi connectivity index (χ1) is 7.67. The summed E-state index contributed by atoms with van der Waals surface area (Å²) in [6, 6.07) is 0. The van der Waals surface area contributed by atoms with Crippen LogP contribution in [0.15, 0.2) is 0 Å². The number of thiophene rings is 1. The van der Waals surface area contributed by atoms with Gasteiger partial charge in [0.2, 0.25) is 0 Å². The highest BCUT2D eigenvalue weighted by Gasteiger charge is 2.27. The van der Waals surface area contributed by atoms with Gasteiger partial charge in [-0.3, -0.25) is 0 Å². The summed E-state index contributed by atoms with van der Waals surface area (Å²) >= 11 is 1.49. The summed E-state index contributed by atoms with van der Waals surface area (Å²) < 4.78 is 4.74. The van der Waals surface area contributed by atoms with Crippen molar-refractivity contribution in [3.05, 3.63) is 10.4 Å². The molecule has 0 unspecified atom stereocenters. The zero-order valence-electron chi connectivity index (χ0n) is 9.50. The van der Waals surface area contributed by atoms with Crippen LogP contribution in [0.4, 0.5) is 10.7 Å². The van der Waals surface area contributed by atoms with Crippen molar-refractivity contribution in [3.8, 4) is 0 Å². The highest BCUT2D eigenvalue weighted by molar-refractivity contribution is 7.17. The van der Waals surface area contributed by atoms with Crippen LogP contribution in [0.3, 0.4) is 0 Å². The molecule has 0 fully saturated rings. The lowest BCUT2D eigenvalue weighted by Crippen LogP contribution is -2.22. The molecular weight excluding hydrogens is 224 g/mol. The number of hydrogen-bond donors (Lipinski definition) is 2. The number of methoxy groups -OCH3 is 1. The number of nitrogens with two attached hydrogens (primary N) is 1. The van der Waals surface area contributed by atoms with Gasteiger partial charge in [-0.1, -0.05) is 13.3 Å². The Bertz CT molecular complexity index is 414. The third-order valence-corrected chi connectivity index (χ3v) is 4.06. The van der Waals surface area contributed by atoms with Crippen LogP contribution in [-0.4, -0.2) is 19.6 Å². The molecule has 0 aromatic carbocycles. The zero-order chi connectivity index (χ0) is 11.7. The van der Waals surface area contributed by atoms with E-state index >= 15 is 0 Å². The van der Waals surface area contributed by atoms with Crippen molar-refractivity contribution in [1.82, 2.24) is 0 Å². The molecule has 0 aliphatic carbocycles. The number of carbonyl (C=O) groups is 1. The molecule has 0 saturated heterocycles. The van der Waals surface area contributed by atoms with Gasteiger partial charge in [0, 0.05) is 11.4 Å². The lowest BCUT2D eigenvalue weighted by molar-refractivity contribution is 0.0603. The second-order valence-electron chi connectivity index (χ2n) is 3.99. The van der Waals surface area contributed by atoms with E-state index in [-0.39, 0.29) is 5.97 Å². The fourth-order valence-electron chi connectivity index (χ4n) is 2.00. The summed E-state index contributed by atoms with van der Waals surface area (Å²) in [7, 11) is 1.38. The van der Waals surface area contributed by atoms with Crippen molar-refractivity contribution >= 4 is 28.0 Å². The van der Waals surface area contributed by atoms with Crippen molar-refractivity contribution in [3.63, 3.8) is 0 Å². The normalized spacial score (nSPS) is 18.8. The molecular formula is C11H16N2O2S. The maximum Gasteiger partial charge on any atom is 0.342 e. The molecule has 0 saturated carbocycles. The number of fused-ring (bicyclic) bond motifs is 1. The van der Waals surface area contributed by atoms with Crippen molar-refractivity contribution < 1.29 is 9.53 Å². The van der Waals surface area contributed by atoms with E-state index in [1.807, 2.05) is 0 Å². The van der Waals surface area contributed by atoms with Gasteiger partial charge in [0.1, 0.15) is 10.6 Å². The molecule has 0 radical (unpaired) electrons. The van der Waals surface area contributed by atoms with Crippen molar-refractivity contribution in [1.29, 1.82) is 0 Å². The Morgan fingerprint density at radius 2 is 2.44 bits per heavy atom. The van der Waals surface area contributed by atoms with E-state index in [4.69, 9.17) is 10.5 Å². The molecule has 0 bridgehead atoms. The van der Waals surface area contributed by atoms with Crippen LogP contribution in [-0.2, 0) is 11.2 Å². The van der Waals surface area contributed by atoms with E-state index in [9.17, 15) is 4.79 Å². The van der Waals surface area contributed by atoms with Crippen LogP contribution in [0.25, 0.3) is 0 Å². The summed E-state index contributed by atoms with van der Waals surface area (Å²) in [5.74, 6) is 0.286. The minimum absolute atomic E-state index is 0.350. The van der Waals surface area contributed by atoms with Crippen molar-refractivity contribution in [2.75, 3.05) is 24.7 Å². The van der Waals surface area contributed by atoms with E-state index in [0.717, 1.165) is 25.1 Å². The maximum absolute atomic E-state index is 11.6. The van der Waals surface area contributed by atoms with Gasteiger partial charge in [-0.25, -0.2) is 4.79 Å². The third kappa shape index (κ3) is 1.75. The molecule has 88 valence electrons. The van der Waals surface area contributed by atoms with Gasteiger partial charge in [-0.2, -0.15) is 0 Å². The van der Waals surface area contributed by atoms with Crippen molar-refractivity contribution in [2.45, 2.75) is 19.8 Å². The monoisotopic (exact) mass is 240 g/mol. The van der Waals surface area contributed by atoms with E-state index in [2.05, 4.69) is 12.2 Å². The smallest absolute Gasteiger partial charge is 0.342 e. The Hall–Kier alpha value is -1.23. The van der Waals surface area contributed by atoms with E-state index < -0.39 is 0 Å². The fraction of sp³-hybridized carbons (Fsp3) is 0.545. The average molecular weight is 240 g/mol. The summed E-state index contributed by atoms with van der Waals surface area (Å²) in [6.45, 7) is 3.08. The fourth-order valence-corrected chi connectivity index (χ4v) is 3.15. The molecule has 3 N–H and O–H groups in total. The lowest BCUT2D eigenvalue weighted by atomic mass is 9.96. The average Bonchev–Trinajstić information content (AvgIpc) is 2.62. The standard InChI is InChI=1S/C11H16N2O2S/c1-3-6-4-7-9(13-5-6)8(10(12)16-7)11(14)15-2/h6,13H,3-5,12H2,1-2H3/t6-/m0/s1. The Morgan fingerprint density at radius 3 is 3.06 bits per heavy atom. The summed E-state index contributed by atoms with van der Waals surface area (Å²) in [6.07, 6.45) is 2.14. The minimum atomic E-state index is -0.350. The SMILES string of the molecule is CC[C@@H]1CNc2c(sc(N)c2C(=O)OC)C1. The maximum atomic E-state index is 11.6. The van der Waals surface area contributed by atoms with E-state index in [1.54, 1.807) is 0 Å². The molecule has 1 aliphatic heterocycles. The zero-order valence-corrected chi connectivity index (χ0v) is 10.3. The number of ether oxygens (including phenoxy) is 1. The summed E-state index contributed by atoms with van der Waals surface area (Å²) in [5.41, 5.74) is 7.26. The minimum Gasteiger partial charge on any atom is -0.465 e. The number of rotatable bonds is 2. The van der Waals surface area contributed by atoms with E-state index in [1.165, 1.54) is 23.3 Å². The van der Waals surface area contributed by atoms with Gasteiger partial charge in [0.05, 0.1) is 12.8 Å². The predicted octanol–water partition coefficient (Wildman–Crippen LogP) is 2.11. The quantitative estimate of drug-likeness (QED) is 0.777. The van der Waals surface area contributed by atoms with Gasteiger partial charge in [-0.15, -0.1) is 11.3 Å². The molecule has 1 aromatic rings. The molecule has 5 heteroatoms. The van der Waals surface area contributed by atoms with Crippen LogP contribution in [0.2, 0.25) is 0 Å². The summed E-state index contributed by atoms with van der Waals surface area (Å²) in [4.78, 5) is 12.8. The topological polar surface area (TPSA) is 64.3 Å². The van der Waals surface area contributed by atoms with Crippen LogP contribution >= 0.6 is 11.3 Å². The molecule has 1 atom stereocenters. The van der Waals surface area contributed by atoms with Gasteiger partial charge in [0.25, 0.3) is 0 Å². The van der Waals surface area contributed by atoms with Gasteiger partial charge in [-0.05, 0) is 12.3 Å². The van der Waals surface area contributed by atoms with Crippen LogP contribution < -0.4 is 11.1 Å². The Morgan fingerprint density at radius 1 is 1.69 bits per heavy atom. The van der Waals surface area contributed by atoms with Gasteiger partial charge in [0.15, 0.2) is 0 Å². The largest absolute Gasteiger partial charge is 0.465 e. The number of hydrogen-bond acceptors (Lipinski definition) is 5. The second kappa shape index (κ2) is 4.33. The molecule has 2 rings (SSSR count). The second-order valence-corrected chi connectivity index (χ2v) is 5.13. The van der Waals surface area contributed by atoms with Crippen LogP contribution in [0.1, 0.15) is 28.6 Å². The molecule has 4 nitrogen and oxygen atoms in total. The molecule has 1 aromatic heterocycles. The van der Waals surface area contributed by atoms with Crippen molar-refractivity contribution in [2.24, 2.45) is 5.92 Å². The van der Waals surface area contributed by atoms with E-state index in [0.29, 0.717) is 16.5 Å². The number of carbonyl (C=O) groups excluding carboxylic acids is 1.